The molecule has 0 spiro atoms. The number of nitrogens with zero attached hydrogens (tertiary/aromatic N) is 1. The highest BCUT2D eigenvalue weighted by Crippen LogP contribution is 2.27. The summed E-state index contributed by atoms with van der Waals surface area (Å²) < 4.78 is 27.1. The Labute approximate surface area is 118 Å². The summed E-state index contributed by atoms with van der Waals surface area (Å²) in [6.07, 6.45) is 0. The number of carbonyl (C=O) groups is 1. The van der Waals surface area contributed by atoms with Crippen molar-refractivity contribution >= 4 is 28.4 Å². The molecule has 2 heterocycles. The number of carbonyl (C=O) groups excluding carboxylic acids is 1. The van der Waals surface area contributed by atoms with Crippen molar-refractivity contribution in [3.8, 4) is 0 Å². The number of amides is 1. The van der Waals surface area contributed by atoms with Gasteiger partial charge in [0.05, 0.1) is 10.5 Å². The maximum Gasteiger partial charge on any atom is 0.270 e. The number of halogens is 3. The monoisotopic (exact) mass is 299 g/mol. The van der Waals surface area contributed by atoms with Gasteiger partial charge in [0.1, 0.15) is 5.69 Å². The Kier molecular flexibility index (Phi) is 3.35. The number of piperazine rings is 1. The molecule has 4 nitrogen and oxygen atoms in total. The maximum atomic E-state index is 13.8. The molecule has 2 N–H and O–H groups in total. The van der Waals surface area contributed by atoms with Gasteiger partial charge in [0.15, 0.2) is 11.6 Å². The van der Waals surface area contributed by atoms with E-state index < -0.39 is 11.6 Å². The third kappa shape index (κ3) is 2.14. The zero-order valence-corrected chi connectivity index (χ0v) is 11.2. The smallest absolute Gasteiger partial charge is 0.270 e. The Morgan fingerprint density at radius 3 is 2.60 bits per heavy atom. The first-order chi connectivity index (χ1) is 9.58. The number of hydrogen-bond donors (Lipinski definition) is 2. The van der Waals surface area contributed by atoms with E-state index in [0.29, 0.717) is 18.5 Å². The first kappa shape index (κ1) is 13.3. The van der Waals surface area contributed by atoms with Crippen LogP contribution in [0.2, 0.25) is 5.02 Å². The minimum Gasteiger partial charge on any atom is -0.348 e. The van der Waals surface area contributed by atoms with Crippen molar-refractivity contribution in [2.24, 2.45) is 0 Å². The highest BCUT2D eigenvalue weighted by atomic mass is 35.5. The average Bonchev–Trinajstić information content (AvgIpc) is 2.89. The van der Waals surface area contributed by atoms with Crippen LogP contribution in [-0.2, 0) is 0 Å². The van der Waals surface area contributed by atoms with Gasteiger partial charge in [-0.25, -0.2) is 8.78 Å². The molecule has 1 fully saturated rings. The van der Waals surface area contributed by atoms with Crippen LogP contribution in [-0.4, -0.2) is 42.0 Å². The first-order valence-corrected chi connectivity index (χ1v) is 6.62. The van der Waals surface area contributed by atoms with E-state index >= 15 is 0 Å². The van der Waals surface area contributed by atoms with Gasteiger partial charge in [-0.3, -0.25) is 4.79 Å². The number of aromatic nitrogens is 1. The van der Waals surface area contributed by atoms with E-state index in [1.54, 1.807) is 4.90 Å². The van der Waals surface area contributed by atoms with E-state index in [1.807, 2.05) is 0 Å². The van der Waals surface area contributed by atoms with Crippen molar-refractivity contribution in [1.29, 1.82) is 0 Å². The van der Waals surface area contributed by atoms with Crippen molar-refractivity contribution in [2.75, 3.05) is 26.2 Å². The van der Waals surface area contributed by atoms with Crippen molar-refractivity contribution in [1.82, 2.24) is 15.2 Å². The van der Waals surface area contributed by atoms with Crippen molar-refractivity contribution in [3.63, 3.8) is 0 Å². The number of rotatable bonds is 1. The van der Waals surface area contributed by atoms with Crippen LogP contribution < -0.4 is 5.32 Å². The van der Waals surface area contributed by atoms with Crippen LogP contribution in [0.5, 0.6) is 0 Å². The van der Waals surface area contributed by atoms with E-state index in [2.05, 4.69) is 10.3 Å². The second-order valence-electron chi connectivity index (χ2n) is 4.68. The van der Waals surface area contributed by atoms with E-state index in [0.717, 1.165) is 13.1 Å². The van der Waals surface area contributed by atoms with Crippen LogP contribution >= 0.6 is 11.6 Å². The van der Waals surface area contributed by atoms with Crippen LogP contribution in [0.3, 0.4) is 0 Å². The van der Waals surface area contributed by atoms with E-state index in [9.17, 15) is 13.6 Å². The molecule has 0 radical (unpaired) electrons. The topological polar surface area (TPSA) is 48.1 Å². The molecule has 0 bridgehead atoms. The van der Waals surface area contributed by atoms with Gasteiger partial charge in [-0.05, 0) is 12.1 Å². The average molecular weight is 300 g/mol. The lowest BCUT2D eigenvalue weighted by Gasteiger charge is -2.26. The Balaban J connectivity index is 2.00. The number of nitrogens with one attached hydrogen (secondary N) is 2. The molecule has 1 aliphatic heterocycles. The minimum atomic E-state index is -1.11. The highest BCUT2D eigenvalue weighted by Gasteiger charge is 2.22. The minimum absolute atomic E-state index is 0.0367. The van der Waals surface area contributed by atoms with E-state index in [-0.39, 0.29) is 22.1 Å². The largest absolute Gasteiger partial charge is 0.348 e. The van der Waals surface area contributed by atoms with Crippen LogP contribution in [0.15, 0.2) is 12.1 Å². The lowest BCUT2D eigenvalue weighted by molar-refractivity contribution is 0.0731. The molecule has 20 heavy (non-hydrogen) atoms. The number of aromatic amines is 1. The Hall–Kier alpha value is -1.66. The number of benzene rings is 1. The summed E-state index contributed by atoms with van der Waals surface area (Å²) in [5.74, 6) is -2.40. The van der Waals surface area contributed by atoms with Gasteiger partial charge >= 0.3 is 0 Å². The summed E-state index contributed by atoms with van der Waals surface area (Å²) in [5.41, 5.74) is 0.202. The van der Waals surface area contributed by atoms with Crippen LogP contribution in [0.4, 0.5) is 8.78 Å². The predicted octanol–water partition coefficient (Wildman–Crippen LogP) is 2.14. The molecule has 0 unspecified atom stereocenters. The second-order valence-corrected chi connectivity index (χ2v) is 5.08. The third-order valence-electron chi connectivity index (χ3n) is 3.39. The zero-order valence-electron chi connectivity index (χ0n) is 10.5. The summed E-state index contributed by atoms with van der Waals surface area (Å²) >= 11 is 5.60. The van der Waals surface area contributed by atoms with E-state index in [1.165, 1.54) is 12.1 Å². The molecular formula is C13H12ClF2N3O. The van der Waals surface area contributed by atoms with Gasteiger partial charge in [0.25, 0.3) is 5.91 Å². The van der Waals surface area contributed by atoms with Gasteiger partial charge < -0.3 is 15.2 Å². The molecule has 1 aliphatic rings. The van der Waals surface area contributed by atoms with Gasteiger partial charge in [-0.1, -0.05) is 11.6 Å². The van der Waals surface area contributed by atoms with Crippen molar-refractivity contribution in [2.45, 2.75) is 0 Å². The standard InChI is InChI=1S/C13H12ClF2N3O/c14-8-5-7-6-9(18-12(7)11(16)10(8)15)13(20)19-3-1-17-2-4-19/h5-6,17-18H,1-4H2. The normalized spacial score (nSPS) is 15.8. The Bertz CT molecular complexity index is 680. The van der Waals surface area contributed by atoms with Crippen LogP contribution in [0.25, 0.3) is 10.9 Å². The van der Waals surface area contributed by atoms with Gasteiger partial charge in [-0.2, -0.15) is 0 Å². The van der Waals surface area contributed by atoms with E-state index in [4.69, 9.17) is 11.6 Å². The maximum absolute atomic E-state index is 13.8. The first-order valence-electron chi connectivity index (χ1n) is 6.24. The summed E-state index contributed by atoms with van der Waals surface area (Å²) in [4.78, 5) is 16.6. The molecule has 1 saturated heterocycles. The third-order valence-corrected chi connectivity index (χ3v) is 3.66. The quantitative estimate of drug-likeness (QED) is 0.793. The molecule has 2 aromatic rings. The zero-order chi connectivity index (χ0) is 14.3. The molecule has 7 heteroatoms. The summed E-state index contributed by atoms with van der Waals surface area (Å²) in [6.45, 7) is 2.62. The number of H-pyrrole nitrogens is 1. The molecule has 1 aromatic heterocycles. The van der Waals surface area contributed by atoms with Crippen molar-refractivity contribution in [3.05, 3.63) is 34.5 Å². The predicted molar refractivity (Wildman–Crippen MR) is 72.0 cm³/mol. The van der Waals surface area contributed by atoms with Gasteiger partial charge in [-0.15, -0.1) is 0 Å². The fraction of sp³-hybridized carbons (Fsp3) is 0.308. The summed E-state index contributed by atoms with van der Waals surface area (Å²) in [5, 5.41) is 3.23. The fourth-order valence-corrected chi connectivity index (χ4v) is 2.53. The lowest BCUT2D eigenvalue weighted by atomic mass is 10.2. The molecule has 0 saturated carbocycles. The molecule has 3 rings (SSSR count). The Morgan fingerprint density at radius 1 is 1.20 bits per heavy atom. The molecule has 0 atom stereocenters. The molecule has 1 amide bonds. The molecule has 106 valence electrons. The highest BCUT2D eigenvalue weighted by molar-refractivity contribution is 6.31. The van der Waals surface area contributed by atoms with Crippen LogP contribution in [0, 0.1) is 11.6 Å². The van der Waals surface area contributed by atoms with Crippen LogP contribution in [0.1, 0.15) is 10.5 Å². The number of hydrogen-bond acceptors (Lipinski definition) is 2. The molecule has 1 aromatic carbocycles. The Morgan fingerprint density at radius 2 is 1.90 bits per heavy atom. The van der Waals surface area contributed by atoms with Gasteiger partial charge in [0.2, 0.25) is 0 Å². The molecular weight excluding hydrogens is 288 g/mol. The SMILES string of the molecule is O=C(c1cc2cc(Cl)c(F)c(F)c2[nH]1)N1CCNCC1. The fourth-order valence-electron chi connectivity index (χ4n) is 2.33. The van der Waals surface area contributed by atoms with Gasteiger partial charge in [0, 0.05) is 31.6 Å². The second kappa shape index (κ2) is 5.03. The summed E-state index contributed by atoms with van der Waals surface area (Å²) in [6, 6.07) is 2.80. The molecule has 0 aliphatic carbocycles. The van der Waals surface area contributed by atoms with Crippen molar-refractivity contribution < 1.29 is 13.6 Å². The summed E-state index contributed by atoms with van der Waals surface area (Å²) in [7, 11) is 0. The number of fused-ring (bicyclic) bond motifs is 1. The lowest BCUT2D eigenvalue weighted by Crippen LogP contribution is -2.46.